The van der Waals surface area contributed by atoms with E-state index in [4.69, 9.17) is 27.9 Å². The summed E-state index contributed by atoms with van der Waals surface area (Å²) in [5.74, 6) is -0.316. The molecule has 36 heavy (non-hydrogen) atoms. The van der Waals surface area contributed by atoms with Gasteiger partial charge in [0.1, 0.15) is 0 Å². The van der Waals surface area contributed by atoms with E-state index < -0.39 is 0 Å². The van der Waals surface area contributed by atoms with Crippen molar-refractivity contribution < 1.29 is 14.5 Å². The van der Waals surface area contributed by atoms with Crippen molar-refractivity contribution in [2.45, 2.75) is 40.8 Å². The van der Waals surface area contributed by atoms with E-state index in [1.165, 1.54) is 17.8 Å². The molecule has 0 spiro atoms. The Bertz CT molecular complexity index is 1300. The second-order valence-electron chi connectivity index (χ2n) is 8.95. The summed E-state index contributed by atoms with van der Waals surface area (Å²) < 4.78 is 5.22. The van der Waals surface area contributed by atoms with Gasteiger partial charge in [0, 0.05) is 27.9 Å². The van der Waals surface area contributed by atoms with E-state index in [1.807, 2.05) is 36.4 Å². The summed E-state index contributed by atoms with van der Waals surface area (Å²) in [5.41, 5.74) is 3.56. The van der Waals surface area contributed by atoms with Gasteiger partial charge in [-0.1, -0.05) is 35.9 Å². The molecule has 3 aromatic rings. The number of carbonyl (C=O) groups is 1. The van der Waals surface area contributed by atoms with Gasteiger partial charge in [-0.05, 0) is 66.8 Å². The highest BCUT2D eigenvalue weighted by Crippen LogP contribution is 2.58. The molecule has 1 aliphatic carbocycles. The van der Waals surface area contributed by atoms with Gasteiger partial charge < -0.3 is 10.1 Å². The number of nitro benzene ring substituents is 1. The van der Waals surface area contributed by atoms with E-state index in [0.717, 1.165) is 23.2 Å². The maximum Gasteiger partial charge on any atom is 0.338 e. The first kappa shape index (κ1) is 24.9. The van der Waals surface area contributed by atoms with Crippen LogP contribution in [0.1, 0.15) is 46.8 Å². The number of esters is 1. The smallest absolute Gasteiger partial charge is 0.338 e. The SMILES string of the molecule is CCOC(=O)c1ccc2c(c1)[C@H]1[C@@H](Cl)[C@@H](Sc3ccccc3[N+](=O)[O-])C[C@@H]1[C@H](c1ccc(Cl)cc1)N2. The number of nitrogens with zero attached hydrogens (tertiary/aromatic N) is 1. The highest BCUT2D eigenvalue weighted by atomic mass is 35.5. The van der Waals surface area contributed by atoms with Gasteiger partial charge in [0.15, 0.2) is 0 Å². The zero-order chi connectivity index (χ0) is 25.4. The summed E-state index contributed by atoms with van der Waals surface area (Å²) in [6, 6.07) is 20.1. The molecule has 1 aliphatic heterocycles. The molecule has 186 valence electrons. The van der Waals surface area contributed by atoms with Crippen LogP contribution in [0.25, 0.3) is 0 Å². The highest BCUT2D eigenvalue weighted by molar-refractivity contribution is 8.00. The topological polar surface area (TPSA) is 81.5 Å². The Morgan fingerprint density at radius 2 is 1.92 bits per heavy atom. The van der Waals surface area contributed by atoms with E-state index in [1.54, 1.807) is 31.2 Å². The number of halogens is 2. The second-order valence-corrected chi connectivity index (χ2v) is 11.2. The largest absolute Gasteiger partial charge is 0.462 e. The van der Waals surface area contributed by atoms with Crippen molar-refractivity contribution in [2.24, 2.45) is 5.92 Å². The molecule has 5 rings (SSSR count). The number of hydrogen-bond acceptors (Lipinski definition) is 6. The molecule has 9 heteroatoms. The minimum Gasteiger partial charge on any atom is -0.462 e. The normalized spacial score (nSPS) is 24.4. The van der Waals surface area contributed by atoms with Crippen LogP contribution >= 0.6 is 35.0 Å². The zero-order valence-corrected chi connectivity index (χ0v) is 21.7. The predicted octanol–water partition coefficient (Wildman–Crippen LogP) is 7.46. The third-order valence-electron chi connectivity index (χ3n) is 6.89. The molecule has 0 bridgehead atoms. The van der Waals surface area contributed by atoms with Gasteiger partial charge in [0.25, 0.3) is 5.69 Å². The fourth-order valence-electron chi connectivity index (χ4n) is 5.33. The molecule has 1 N–H and O–H groups in total. The van der Waals surface area contributed by atoms with Crippen molar-refractivity contribution >= 4 is 52.3 Å². The highest BCUT2D eigenvalue weighted by Gasteiger charge is 2.50. The number of carbonyl (C=O) groups excluding carboxylic acids is 1. The summed E-state index contributed by atoms with van der Waals surface area (Å²) in [5, 5.41) is 15.6. The third kappa shape index (κ3) is 4.67. The minimum absolute atomic E-state index is 0.0224. The van der Waals surface area contributed by atoms with Crippen molar-refractivity contribution in [3.05, 3.63) is 98.6 Å². The van der Waals surface area contributed by atoms with Gasteiger partial charge >= 0.3 is 5.97 Å². The lowest BCUT2D eigenvalue weighted by Gasteiger charge is -2.38. The number of rotatable bonds is 6. The van der Waals surface area contributed by atoms with Gasteiger partial charge in [0.05, 0.1) is 33.4 Å². The molecule has 6 nitrogen and oxygen atoms in total. The van der Waals surface area contributed by atoms with Crippen LogP contribution in [-0.2, 0) is 4.74 Å². The summed E-state index contributed by atoms with van der Waals surface area (Å²) >= 11 is 14.8. The molecule has 0 unspecified atom stereocenters. The molecule has 2 aliphatic rings. The van der Waals surface area contributed by atoms with Gasteiger partial charge in [0.2, 0.25) is 0 Å². The Labute approximate surface area is 223 Å². The quantitative estimate of drug-likeness (QED) is 0.150. The summed E-state index contributed by atoms with van der Waals surface area (Å²) in [6.45, 7) is 2.08. The number of thioether (sulfide) groups is 1. The van der Waals surface area contributed by atoms with Crippen LogP contribution in [0.3, 0.4) is 0 Å². The molecule has 1 fully saturated rings. The van der Waals surface area contributed by atoms with Crippen molar-refractivity contribution in [2.75, 3.05) is 11.9 Å². The molecule has 0 saturated heterocycles. The molecule has 0 radical (unpaired) electrons. The van der Waals surface area contributed by atoms with Gasteiger partial charge in [-0.15, -0.1) is 23.4 Å². The van der Waals surface area contributed by atoms with E-state index in [-0.39, 0.29) is 45.1 Å². The van der Waals surface area contributed by atoms with E-state index in [9.17, 15) is 14.9 Å². The molecule has 3 aromatic carbocycles. The maximum absolute atomic E-state index is 12.5. The number of anilines is 1. The van der Waals surface area contributed by atoms with Gasteiger partial charge in [-0.25, -0.2) is 4.79 Å². The Kier molecular flexibility index (Phi) is 7.15. The fraction of sp³-hybridized carbons (Fsp3) is 0.296. The van der Waals surface area contributed by atoms with Crippen LogP contribution in [-0.4, -0.2) is 28.1 Å². The van der Waals surface area contributed by atoms with Crippen molar-refractivity contribution in [1.29, 1.82) is 0 Å². The average molecular weight is 543 g/mol. The fourth-order valence-corrected chi connectivity index (χ4v) is 7.40. The predicted molar refractivity (Wildman–Crippen MR) is 143 cm³/mol. The van der Waals surface area contributed by atoms with Crippen LogP contribution in [0.15, 0.2) is 71.6 Å². The van der Waals surface area contributed by atoms with Gasteiger partial charge in [-0.2, -0.15) is 0 Å². The number of ether oxygens (including phenoxy) is 1. The van der Waals surface area contributed by atoms with Crippen molar-refractivity contribution in [3.8, 4) is 0 Å². The number of nitrogens with one attached hydrogen (secondary N) is 1. The van der Waals surface area contributed by atoms with Crippen LogP contribution in [0, 0.1) is 16.0 Å². The second kappa shape index (κ2) is 10.3. The van der Waals surface area contributed by atoms with Gasteiger partial charge in [-0.3, -0.25) is 10.1 Å². The van der Waals surface area contributed by atoms with E-state index in [0.29, 0.717) is 22.1 Å². The van der Waals surface area contributed by atoms with E-state index in [2.05, 4.69) is 5.32 Å². The molecule has 0 aromatic heterocycles. The Morgan fingerprint density at radius 1 is 1.17 bits per heavy atom. The Hall–Kier alpha value is -2.74. The number of fused-ring (bicyclic) bond motifs is 3. The molecular formula is C27H24Cl2N2O4S. The lowest BCUT2D eigenvalue weighted by molar-refractivity contribution is -0.387. The molecular weight excluding hydrogens is 519 g/mol. The molecule has 0 amide bonds. The van der Waals surface area contributed by atoms with Crippen LogP contribution < -0.4 is 5.32 Å². The molecule has 5 atom stereocenters. The van der Waals surface area contributed by atoms with E-state index >= 15 is 0 Å². The number of alkyl halides is 1. The maximum atomic E-state index is 12.5. The zero-order valence-electron chi connectivity index (χ0n) is 19.4. The summed E-state index contributed by atoms with van der Waals surface area (Å²) in [4.78, 5) is 24.3. The summed E-state index contributed by atoms with van der Waals surface area (Å²) in [6.07, 6.45) is 0.749. The lowest BCUT2D eigenvalue weighted by atomic mass is 9.77. The summed E-state index contributed by atoms with van der Waals surface area (Å²) in [7, 11) is 0. The number of hydrogen-bond donors (Lipinski definition) is 1. The van der Waals surface area contributed by atoms with Crippen LogP contribution in [0.5, 0.6) is 0 Å². The van der Waals surface area contributed by atoms with Crippen LogP contribution in [0.2, 0.25) is 5.02 Å². The Morgan fingerprint density at radius 3 is 2.64 bits per heavy atom. The standard InChI is InChI=1S/C27H24Cl2N2O4S/c1-2-35-27(32)16-9-12-20-18(13-16)24-19(26(30-20)15-7-10-17(28)11-8-15)14-23(25(24)29)36-22-6-4-3-5-21(22)31(33)34/h3-13,19,23-26,30H,2,14H2,1H3/t19-,23-,24+,25-,26-/m0/s1. The first-order valence-corrected chi connectivity index (χ1v) is 13.4. The molecule has 1 saturated carbocycles. The number of para-hydroxylation sites is 1. The van der Waals surface area contributed by atoms with Crippen LogP contribution in [0.4, 0.5) is 11.4 Å². The number of nitro groups is 1. The third-order valence-corrected chi connectivity index (χ3v) is 9.26. The van der Waals surface area contributed by atoms with Crippen molar-refractivity contribution in [1.82, 2.24) is 0 Å². The van der Waals surface area contributed by atoms with Crippen molar-refractivity contribution in [3.63, 3.8) is 0 Å². The first-order valence-electron chi connectivity index (χ1n) is 11.7. The minimum atomic E-state index is -0.369. The molecule has 1 heterocycles. The Balaban J connectivity index is 1.54. The number of benzene rings is 3. The monoisotopic (exact) mass is 542 g/mol. The average Bonchev–Trinajstić information content (AvgIpc) is 3.20. The first-order chi connectivity index (χ1) is 17.4. The lowest BCUT2D eigenvalue weighted by Crippen LogP contribution is -2.31.